The second-order valence-corrected chi connectivity index (χ2v) is 2.94. The lowest BCUT2D eigenvalue weighted by Crippen LogP contribution is -2.71. The lowest BCUT2D eigenvalue weighted by molar-refractivity contribution is -0.294. The monoisotopic (exact) mass is 198 g/mol. The van der Waals surface area contributed by atoms with Crippen LogP contribution in [0, 0.1) is 0 Å². The molecule has 0 aromatic heterocycles. The van der Waals surface area contributed by atoms with Gasteiger partial charge in [-0.3, -0.25) is 0 Å². The number of nitrogens with zero attached hydrogens (tertiary/aromatic N) is 1. The number of halogens is 3. The van der Waals surface area contributed by atoms with Crippen LogP contribution >= 0.6 is 0 Å². The first-order valence-corrected chi connectivity index (χ1v) is 3.56. The summed E-state index contributed by atoms with van der Waals surface area (Å²) < 4.78 is 36.1. The highest BCUT2D eigenvalue weighted by molar-refractivity contribution is 5.75. The molecule has 7 heteroatoms. The summed E-state index contributed by atoms with van der Waals surface area (Å²) in [6.45, 7) is -1.40. The van der Waals surface area contributed by atoms with Gasteiger partial charge in [-0.2, -0.15) is 13.2 Å². The first-order chi connectivity index (χ1) is 5.80. The van der Waals surface area contributed by atoms with Gasteiger partial charge in [0.15, 0.2) is 5.60 Å². The predicted octanol–water partition coefficient (Wildman–Crippen LogP) is -0.0652. The molecule has 1 aliphatic rings. The van der Waals surface area contributed by atoms with Gasteiger partial charge in [0, 0.05) is 7.05 Å². The molecule has 1 heterocycles. The fourth-order valence-corrected chi connectivity index (χ4v) is 1.07. The van der Waals surface area contributed by atoms with Crippen LogP contribution in [0.2, 0.25) is 0 Å². The number of carbonyl (C=O) groups excluding carboxylic acids is 1. The first kappa shape index (κ1) is 10.1. The molecule has 0 spiro atoms. The van der Waals surface area contributed by atoms with E-state index in [0.29, 0.717) is 0 Å². The zero-order valence-corrected chi connectivity index (χ0v) is 6.85. The molecule has 2 amide bonds. The van der Waals surface area contributed by atoms with Crippen molar-refractivity contribution < 1.29 is 23.1 Å². The molecular weight excluding hydrogens is 189 g/mol. The van der Waals surface area contributed by atoms with Gasteiger partial charge in [0.25, 0.3) is 0 Å². The van der Waals surface area contributed by atoms with Crippen LogP contribution in [0.4, 0.5) is 18.0 Å². The third-order valence-electron chi connectivity index (χ3n) is 1.93. The van der Waals surface area contributed by atoms with Crippen molar-refractivity contribution >= 4 is 6.03 Å². The molecule has 1 rings (SSSR count). The van der Waals surface area contributed by atoms with Crippen LogP contribution in [0.3, 0.4) is 0 Å². The Hall–Kier alpha value is -0.980. The lowest BCUT2D eigenvalue weighted by atomic mass is 9.94. The van der Waals surface area contributed by atoms with Gasteiger partial charge in [-0.15, -0.1) is 0 Å². The fraction of sp³-hybridized carbons (Fsp3) is 0.833. The van der Waals surface area contributed by atoms with Crippen molar-refractivity contribution in [2.45, 2.75) is 11.8 Å². The molecule has 0 atom stereocenters. The summed E-state index contributed by atoms with van der Waals surface area (Å²) in [7, 11) is 1.31. The average Bonchev–Trinajstić information content (AvgIpc) is 1.95. The van der Waals surface area contributed by atoms with Crippen molar-refractivity contribution in [1.82, 2.24) is 10.2 Å². The van der Waals surface area contributed by atoms with Crippen LogP contribution < -0.4 is 5.32 Å². The van der Waals surface area contributed by atoms with Gasteiger partial charge in [-0.25, -0.2) is 4.79 Å². The Morgan fingerprint density at radius 3 is 2.31 bits per heavy atom. The number of nitrogens with one attached hydrogen (secondary N) is 1. The SMILES string of the molecule is CNC(=O)N1CC(O)(C(F)(F)F)C1. The Kier molecular flexibility index (Phi) is 2.15. The van der Waals surface area contributed by atoms with E-state index in [1.54, 1.807) is 0 Å². The molecule has 76 valence electrons. The Morgan fingerprint density at radius 1 is 1.54 bits per heavy atom. The summed E-state index contributed by atoms with van der Waals surface area (Å²) in [6, 6.07) is -0.617. The Balaban J connectivity index is 2.53. The molecule has 13 heavy (non-hydrogen) atoms. The highest BCUT2D eigenvalue weighted by Gasteiger charge is 2.62. The highest BCUT2D eigenvalue weighted by atomic mass is 19.4. The number of rotatable bonds is 0. The number of hydrogen-bond donors (Lipinski definition) is 2. The van der Waals surface area contributed by atoms with E-state index in [9.17, 15) is 18.0 Å². The molecule has 0 aliphatic carbocycles. The number of urea groups is 1. The number of aliphatic hydroxyl groups is 1. The van der Waals surface area contributed by atoms with E-state index in [1.165, 1.54) is 7.05 Å². The van der Waals surface area contributed by atoms with E-state index in [1.807, 2.05) is 0 Å². The summed E-state index contributed by atoms with van der Waals surface area (Å²) in [5.74, 6) is 0. The smallest absolute Gasteiger partial charge is 0.378 e. The second-order valence-electron chi connectivity index (χ2n) is 2.94. The van der Waals surface area contributed by atoms with E-state index >= 15 is 0 Å². The lowest BCUT2D eigenvalue weighted by Gasteiger charge is -2.46. The summed E-state index contributed by atoms with van der Waals surface area (Å²) in [5.41, 5.74) is -2.72. The van der Waals surface area contributed by atoms with Gasteiger partial charge < -0.3 is 15.3 Å². The minimum Gasteiger partial charge on any atom is -0.378 e. The third-order valence-corrected chi connectivity index (χ3v) is 1.93. The summed E-state index contributed by atoms with van der Waals surface area (Å²) in [4.78, 5) is 11.6. The van der Waals surface area contributed by atoms with E-state index < -0.39 is 30.9 Å². The van der Waals surface area contributed by atoms with Crippen molar-refractivity contribution in [3.8, 4) is 0 Å². The maximum atomic E-state index is 12.0. The second kappa shape index (κ2) is 2.76. The van der Waals surface area contributed by atoms with Crippen LogP contribution in [0.1, 0.15) is 0 Å². The largest absolute Gasteiger partial charge is 0.420 e. The van der Waals surface area contributed by atoms with Crippen LogP contribution in [0.5, 0.6) is 0 Å². The van der Waals surface area contributed by atoms with Gasteiger partial charge in [-0.05, 0) is 0 Å². The zero-order chi connectivity index (χ0) is 10.3. The molecule has 1 saturated heterocycles. The van der Waals surface area contributed by atoms with Gasteiger partial charge >= 0.3 is 12.2 Å². The maximum absolute atomic E-state index is 12.0. The molecular formula is C6H9F3N2O2. The van der Waals surface area contributed by atoms with Crippen LogP contribution in [-0.4, -0.2) is 48.0 Å². The number of β-amino-alcohol motifs (C(OH)–C–C–N with tert-alkyl or cyclic N) is 1. The number of amides is 2. The number of hydrogen-bond acceptors (Lipinski definition) is 2. The molecule has 0 aromatic carbocycles. The number of carbonyl (C=O) groups is 1. The van der Waals surface area contributed by atoms with E-state index in [2.05, 4.69) is 5.32 Å². The van der Waals surface area contributed by atoms with E-state index in [0.717, 1.165) is 4.90 Å². The van der Waals surface area contributed by atoms with Crippen molar-refractivity contribution in [3.63, 3.8) is 0 Å². The van der Waals surface area contributed by atoms with Crippen LogP contribution in [0.15, 0.2) is 0 Å². The maximum Gasteiger partial charge on any atom is 0.420 e. The highest BCUT2D eigenvalue weighted by Crippen LogP contribution is 2.37. The van der Waals surface area contributed by atoms with Gasteiger partial charge in [0.05, 0.1) is 13.1 Å². The minimum absolute atomic E-state index is 0.617. The molecule has 0 bridgehead atoms. The van der Waals surface area contributed by atoms with E-state index in [-0.39, 0.29) is 0 Å². The van der Waals surface area contributed by atoms with Gasteiger partial charge in [0.2, 0.25) is 0 Å². The van der Waals surface area contributed by atoms with Gasteiger partial charge in [0.1, 0.15) is 0 Å². The molecule has 0 saturated carbocycles. The molecule has 0 unspecified atom stereocenters. The van der Waals surface area contributed by atoms with Crippen molar-refractivity contribution in [1.29, 1.82) is 0 Å². The van der Waals surface area contributed by atoms with E-state index in [4.69, 9.17) is 5.11 Å². The topological polar surface area (TPSA) is 52.6 Å². The molecule has 0 aromatic rings. The Morgan fingerprint density at radius 2 is 2.00 bits per heavy atom. The quantitative estimate of drug-likeness (QED) is 0.572. The summed E-state index contributed by atoms with van der Waals surface area (Å²) in [5, 5.41) is 11.1. The molecule has 1 aliphatic heterocycles. The number of alkyl halides is 3. The number of likely N-dealkylation sites (tertiary alicyclic amines) is 1. The Bertz CT molecular complexity index is 222. The molecule has 2 N–H and O–H groups in total. The van der Waals surface area contributed by atoms with Crippen molar-refractivity contribution in [3.05, 3.63) is 0 Å². The fourth-order valence-electron chi connectivity index (χ4n) is 1.07. The zero-order valence-electron chi connectivity index (χ0n) is 6.85. The average molecular weight is 198 g/mol. The summed E-state index contributed by atoms with van der Waals surface area (Å²) >= 11 is 0. The standard InChI is InChI=1S/C6H9F3N2O2/c1-10-4(12)11-2-5(13,3-11)6(7,8)9/h13H,2-3H2,1H3,(H,10,12). The van der Waals surface area contributed by atoms with Gasteiger partial charge in [-0.1, -0.05) is 0 Å². The first-order valence-electron chi connectivity index (χ1n) is 3.56. The Labute approximate surface area is 72.3 Å². The van der Waals surface area contributed by atoms with Crippen molar-refractivity contribution in [2.75, 3.05) is 20.1 Å². The van der Waals surface area contributed by atoms with Crippen molar-refractivity contribution in [2.24, 2.45) is 0 Å². The van der Waals surface area contributed by atoms with Crippen LogP contribution in [0.25, 0.3) is 0 Å². The predicted molar refractivity (Wildman–Crippen MR) is 37.0 cm³/mol. The molecule has 1 fully saturated rings. The minimum atomic E-state index is -4.67. The summed E-state index contributed by atoms with van der Waals surface area (Å²) in [6.07, 6.45) is -4.67. The third kappa shape index (κ3) is 1.55. The molecule has 0 radical (unpaired) electrons. The van der Waals surface area contributed by atoms with Crippen LogP contribution in [-0.2, 0) is 0 Å². The molecule has 4 nitrogen and oxygen atoms in total. The normalized spacial score (nSPS) is 20.8.